The summed E-state index contributed by atoms with van der Waals surface area (Å²) in [6.07, 6.45) is 4.16. The Balaban J connectivity index is 1.46. The number of benzene rings is 1. The fourth-order valence-electron chi connectivity index (χ4n) is 4.36. The minimum atomic E-state index is -0.722. The number of ether oxygens (including phenoxy) is 2. The maximum Gasteiger partial charge on any atom is 0.228 e. The van der Waals surface area contributed by atoms with Gasteiger partial charge in [-0.05, 0) is 63.1 Å². The van der Waals surface area contributed by atoms with Gasteiger partial charge in [0.05, 0.1) is 25.2 Å². The van der Waals surface area contributed by atoms with Gasteiger partial charge >= 0.3 is 0 Å². The number of carbonyl (C=O) groups excluding carboxylic acids is 2. The molecule has 3 N–H and O–H groups in total. The van der Waals surface area contributed by atoms with E-state index in [1.807, 2.05) is 31.2 Å². The Morgan fingerprint density at radius 3 is 2.37 bits per heavy atom. The molecule has 2 aliphatic rings. The summed E-state index contributed by atoms with van der Waals surface area (Å²) in [6.45, 7) is 2.84. The second-order valence-electron chi connectivity index (χ2n) is 8.58. The van der Waals surface area contributed by atoms with Crippen molar-refractivity contribution in [1.82, 2.24) is 10.6 Å². The van der Waals surface area contributed by atoms with Crippen LogP contribution in [0.15, 0.2) is 24.3 Å². The highest BCUT2D eigenvalue weighted by Gasteiger charge is 2.40. The molecule has 1 saturated carbocycles. The molecule has 1 aliphatic heterocycles. The van der Waals surface area contributed by atoms with Crippen molar-refractivity contribution >= 4 is 11.8 Å². The zero-order valence-electron chi connectivity index (χ0n) is 18.0. The summed E-state index contributed by atoms with van der Waals surface area (Å²) in [5.74, 6) is 0.754. The Kier molecular flexibility index (Phi) is 7.72. The van der Waals surface area contributed by atoms with Crippen molar-refractivity contribution in [3.05, 3.63) is 29.8 Å². The van der Waals surface area contributed by atoms with Crippen molar-refractivity contribution in [2.45, 2.75) is 57.5 Å². The SMILES string of the molecule is COc1ccc([C@@H](C)NC(=O)C2CCC(NC(=O)C3(CO)CCOCC3)CC2)cc1. The van der Waals surface area contributed by atoms with Crippen LogP contribution in [0.3, 0.4) is 0 Å². The number of methoxy groups -OCH3 is 1. The predicted octanol–water partition coefficient (Wildman–Crippen LogP) is 2.34. The smallest absolute Gasteiger partial charge is 0.228 e. The molecule has 3 rings (SSSR count). The molecule has 1 atom stereocenters. The molecule has 0 spiro atoms. The van der Waals surface area contributed by atoms with Gasteiger partial charge in [0.1, 0.15) is 5.75 Å². The molecule has 1 aromatic carbocycles. The lowest BCUT2D eigenvalue weighted by Gasteiger charge is -2.36. The molecule has 7 heteroatoms. The molecule has 0 radical (unpaired) electrons. The summed E-state index contributed by atoms with van der Waals surface area (Å²) >= 11 is 0. The molecule has 0 unspecified atom stereocenters. The first-order valence-corrected chi connectivity index (χ1v) is 10.9. The van der Waals surface area contributed by atoms with E-state index in [-0.39, 0.29) is 36.4 Å². The number of rotatable bonds is 7. The largest absolute Gasteiger partial charge is 0.497 e. The average Bonchev–Trinajstić information content (AvgIpc) is 2.79. The normalized spacial score (nSPS) is 24.5. The Morgan fingerprint density at radius 2 is 1.80 bits per heavy atom. The highest BCUT2D eigenvalue weighted by molar-refractivity contribution is 5.83. The van der Waals surface area contributed by atoms with Crippen LogP contribution >= 0.6 is 0 Å². The van der Waals surface area contributed by atoms with Crippen molar-refractivity contribution in [2.24, 2.45) is 11.3 Å². The number of carbonyl (C=O) groups is 2. The number of hydrogen-bond acceptors (Lipinski definition) is 5. The van der Waals surface area contributed by atoms with E-state index in [2.05, 4.69) is 10.6 Å². The van der Waals surface area contributed by atoms with Crippen LogP contribution in [0.2, 0.25) is 0 Å². The number of nitrogens with one attached hydrogen (secondary N) is 2. The van der Waals surface area contributed by atoms with Crippen LogP contribution in [0.1, 0.15) is 57.1 Å². The molecule has 7 nitrogen and oxygen atoms in total. The summed E-state index contributed by atoms with van der Waals surface area (Å²) in [5, 5.41) is 16.0. The van der Waals surface area contributed by atoms with E-state index in [0.717, 1.165) is 37.0 Å². The second-order valence-corrected chi connectivity index (χ2v) is 8.58. The summed E-state index contributed by atoms with van der Waals surface area (Å²) in [7, 11) is 1.63. The van der Waals surface area contributed by atoms with Crippen LogP contribution in [0, 0.1) is 11.3 Å². The lowest BCUT2D eigenvalue weighted by Crippen LogP contribution is -2.51. The van der Waals surface area contributed by atoms with Crippen molar-refractivity contribution in [1.29, 1.82) is 0 Å². The first-order valence-electron chi connectivity index (χ1n) is 10.9. The molecule has 0 aromatic heterocycles. The van der Waals surface area contributed by atoms with Crippen LogP contribution in [0.25, 0.3) is 0 Å². The van der Waals surface area contributed by atoms with Crippen molar-refractivity contribution in [3.8, 4) is 5.75 Å². The minimum absolute atomic E-state index is 0.0336. The van der Waals surface area contributed by atoms with E-state index in [1.165, 1.54) is 0 Å². The first kappa shape index (κ1) is 22.6. The van der Waals surface area contributed by atoms with Gasteiger partial charge in [0.25, 0.3) is 0 Å². The molecule has 1 heterocycles. The van der Waals surface area contributed by atoms with Gasteiger partial charge in [-0.1, -0.05) is 12.1 Å². The van der Waals surface area contributed by atoms with E-state index in [4.69, 9.17) is 9.47 Å². The van der Waals surface area contributed by atoms with Gasteiger partial charge in [-0.3, -0.25) is 9.59 Å². The van der Waals surface area contributed by atoms with Crippen LogP contribution in [-0.2, 0) is 14.3 Å². The molecule has 0 bridgehead atoms. The molecule has 1 aromatic rings. The average molecular weight is 419 g/mol. The Morgan fingerprint density at radius 1 is 1.17 bits per heavy atom. The molecule has 1 saturated heterocycles. The molecule has 2 amide bonds. The van der Waals surface area contributed by atoms with E-state index in [0.29, 0.717) is 26.1 Å². The van der Waals surface area contributed by atoms with E-state index in [9.17, 15) is 14.7 Å². The first-order chi connectivity index (χ1) is 14.5. The van der Waals surface area contributed by atoms with E-state index >= 15 is 0 Å². The third-order valence-electron chi connectivity index (χ3n) is 6.64. The Labute approximate surface area is 178 Å². The lowest BCUT2D eigenvalue weighted by atomic mass is 9.79. The standard InChI is InChI=1S/C23H34N2O5/c1-16(17-5-9-20(29-2)10-6-17)24-21(27)18-3-7-19(8-4-18)25-22(28)23(15-26)11-13-30-14-12-23/h5-6,9-10,16,18-19,26H,3-4,7-8,11-15H2,1-2H3,(H,24,27)(H,25,28)/t16-,18?,19?/m1/s1. The summed E-state index contributed by atoms with van der Waals surface area (Å²) in [5.41, 5.74) is 0.316. The summed E-state index contributed by atoms with van der Waals surface area (Å²) in [6, 6.07) is 7.70. The van der Waals surface area contributed by atoms with E-state index < -0.39 is 5.41 Å². The molecular formula is C23H34N2O5. The van der Waals surface area contributed by atoms with Gasteiger partial charge in [0.15, 0.2) is 0 Å². The van der Waals surface area contributed by atoms with Gasteiger partial charge in [-0.25, -0.2) is 0 Å². The van der Waals surface area contributed by atoms with Crippen LogP contribution < -0.4 is 15.4 Å². The topological polar surface area (TPSA) is 96.9 Å². The van der Waals surface area contributed by atoms with Crippen LogP contribution in [0.5, 0.6) is 5.75 Å². The summed E-state index contributed by atoms with van der Waals surface area (Å²) in [4.78, 5) is 25.5. The zero-order chi connectivity index (χ0) is 21.6. The number of amides is 2. The fraction of sp³-hybridized carbons (Fsp3) is 0.652. The molecular weight excluding hydrogens is 384 g/mol. The molecule has 2 fully saturated rings. The van der Waals surface area contributed by atoms with E-state index in [1.54, 1.807) is 7.11 Å². The molecule has 30 heavy (non-hydrogen) atoms. The van der Waals surface area contributed by atoms with Gasteiger partial charge < -0.3 is 25.2 Å². The maximum absolute atomic E-state index is 12.8. The third kappa shape index (κ3) is 5.32. The Hall–Kier alpha value is -2.12. The minimum Gasteiger partial charge on any atom is -0.497 e. The van der Waals surface area contributed by atoms with Crippen molar-refractivity contribution < 1.29 is 24.2 Å². The molecule has 166 valence electrons. The summed E-state index contributed by atoms with van der Waals surface area (Å²) < 4.78 is 10.5. The van der Waals surface area contributed by atoms with Crippen LogP contribution in [0.4, 0.5) is 0 Å². The zero-order valence-corrected chi connectivity index (χ0v) is 18.0. The fourth-order valence-corrected chi connectivity index (χ4v) is 4.36. The lowest BCUT2D eigenvalue weighted by molar-refractivity contribution is -0.141. The molecule has 1 aliphatic carbocycles. The van der Waals surface area contributed by atoms with Gasteiger partial charge in [0, 0.05) is 25.2 Å². The number of hydrogen-bond donors (Lipinski definition) is 3. The van der Waals surface area contributed by atoms with Crippen molar-refractivity contribution in [3.63, 3.8) is 0 Å². The Bertz CT molecular complexity index is 707. The second kappa shape index (κ2) is 10.3. The van der Waals surface area contributed by atoms with Gasteiger partial charge in [0.2, 0.25) is 11.8 Å². The highest BCUT2D eigenvalue weighted by Crippen LogP contribution is 2.32. The van der Waals surface area contributed by atoms with Gasteiger partial charge in [-0.2, -0.15) is 0 Å². The van der Waals surface area contributed by atoms with Crippen molar-refractivity contribution in [2.75, 3.05) is 26.9 Å². The third-order valence-corrected chi connectivity index (χ3v) is 6.64. The number of aliphatic hydroxyl groups is 1. The van der Waals surface area contributed by atoms with Crippen LogP contribution in [-0.4, -0.2) is 49.9 Å². The predicted molar refractivity (Wildman–Crippen MR) is 113 cm³/mol. The maximum atomic E-state index is 12.8. The number of aliphatic hydroxyl groups excluding tert-OH is 1. The highest BCUT2D eigenvalue weighted by atomic mass is 16.5. The quantitative estimate of drug-likeness (QED) is 0.632. The monoisotopic (exact) mass is 418 g/mol. The van der Waals surface area contributed by atoms with Gasteiger partial charge in [-0.15, -0.1) is 0 Å².